The maximum atomic E-state index is 4.02. The van der Waals surface area contributed by atoms with E-state index >= 15 is 0 Å². The zero-order valence-corrected chi connectivity index (χ0v) is 10.8. The van der Waals surface area contributed by atoms with Gasteiger partial charge in [0.1, 0.15) is 0 Å². The van der Waals surface area contributed by atoms with Crippen LogP contribution in [-0.4, -0.2) is 7.05 Å². The van der Waals surface area contributed by atoms with Gasteiger partial charge in [-0.2, -0.15) is 0 Å². The minimum absolute atomic E-state index is 0.987. The van der Waals surface area contributed by atoms with E-state index in [4.69, 9.17) is 0 Å². The normalized spacial score (nSPS) is 15.9. The van der Waals surface area contributed by atoms with Crippen molar-refractivity contribution < 1.29 is 0 Å². The molecule has 2 nitrogen and oxygen atoms in total. The lowest BCUT2D eigenvalue weighted by Gasteiger charge is -2.06. The number of hydrogen-bond donors (Lipinski definition) is 2. The molecule has 1 heterocycles. The molecule has 0 saturated heterocycles. The molecule has 2 N–H and O–H groups in total. The lowest BCUT2D eigenvalue weighted by molar-refractivity contribution is 0.987. The average molecular weight is 228 g/mol. The molecule has 0 fully saturated rings. The third kappa shape index (κ3) is 3.83. The van der Waals surface area contributed by atoms with Crippen LogP contribution in [0.4, 0.5) is 0 Å². The summed E-state index contributed by atoms with van der Waals surface area (Å²) in [6.45, 7) is 11.9. The first-order chi connectivity index (χ1) is 8.12. The third-order valence-electron chi connectivity index (χ3n) is 2.59. The Balaban J connectivity index is 3.04. The van der Waals surface area contributed by atoms with E-state index < -0.39 is 0 Å². The summed E-state index contributed by atoms with van der Waals surface area (Å²) in [5.41, 5.74) is 5.39. The van der Waals surface area contributed by atoms with Crippen molar-refractivity contribution in [3.63, 3.8) is 0 Å². The van der Waals surface area contributed by atoms with E-state index in [9.17, 15) is 0 Å². The van der Waals surface area contributed by atoms with Gasteiger partial charge < -0.3 is 10.6 Å². The summed E-state index contributed by atoms with van der Waals surface area (Å²) >= 11 is 0. The molecule has 0 saturated carbocycles. The van der Waals surface area contributed by atoms with Crippen molar-refractivity contribution in [3.8, 4) is 0 Å². The summed E-state index contributed by atoms with van der Waals surface area (Å²) < 4.78 is 0. The van der Waals surface area contributed by atoms with E-state index in [1.54, 1.807) is 0 Å². The van der Waals surface area contributed by atoms with E-state index in [2.05, 4.69) is 35.9 Å². The zero-order chi connectivity index (χ0) is 12.8. The molecule has 0 bridgehead atoms. The smallest absolute Gasteiger partial charge is 0.0611 e. The minimum Gasteiger partial charge on any atom is -0.392 e. The van der Waals surface area contributed by atoms with Crippen LogP contribution in [0.25, 0.3) is 0 Å². The van der Waals surface area contributed by atoms with Crippen molar-refractivity contribution in [1.29, 1.82) is 0 Å². The highest BCUT2D eigenvalue weighted by Crippen LogP contribution is 2.21. The molecule has 0 aromatic rings. The van der Waals surface area contributed by atoms with Gasteiger partial charge in [-0.1, -0.05) is 25.3 Å². The van der Waals surface area contributed by atoms with E-state index in [1.165, 1.54) is 0 Å². The lowest BCUT2D eigenvalue weighted by atomic mass is 10.0. The van der Waals surface area contributed by atoms with Crippen LogP contribution >= 0.6 is 0 Å². The quantitative estimate of drug-likeness (QED) is 0.685. The van der Waals surface area contributed by atoms with Gasteiger partial charge in [0.15, 0.2) is 0 Å². The number of hydrogen-bond acceptors (Lipinski definition) is 2. The van der Waals surface area contributed by atoms with Crippen molar-refractivity contribution in [2.75, 3.05) is 7.05 Å². The fraction of sp³-hybridized carbons (Fsp3) is 0.200. The maximum absolute atomic E-state index is 4.02. The Bertz CT molecular complexity index is 446. The molecule has 1 aliphatic rings. The van der Waals surface area contributed by atoms with E-state index in [0.29, 0.717) is 0 Å². The molecule has 0 aliphatic carbocycles. The van der Waals surface area contributed by atoms with Crippen LogP contribution in [0.3, 0.4) is 0 Å². The highest BCUT2D eigenvalue weighted by molar-refractivity contribution is 5.54. The van der Waals surface area contributed by atoms with Gasteiger partial charge in [0.05, 0.1) is 5.70 Å². The monoisotopic (exact) mass is 228 g/mol. The number of nitrogens with one attached hydrogen (secondary N) is 2. The largest absolute Gasteiger partial charge is 0.392 e. The summed E-state index contributed by atoms with van der Waals surface area (Å²) in [5.74, 6) is 0. The summed E-state index contributed by atoms with van der Waals surface area (Å²) in [7, 11) is 1.91. The first-order valence-electron chi connectivity index (χ1n) is 5.65. The topological polar surface area (TPSA) is 34.0 Å². The van der Waals surface area contributed by atoms with Crippen LogP contribution in [0.2, 0.25) is 0 Å². The fourth-order valence-electron chi connectivity index (χ4n) is 1.40. The lowest BCUT2D eigenvalue weighted by Crippen LogP contribution is -2.02. The highest BCUT2D eigenvalue weighted by atomic mass is 15.0. The Labute approximate surface area is 104 Å². The molecular weight excluding hydrogens is 208 g/mol. The van der Waals surface area contributed by atoms with Crippen LogP contribution in [0, 0.1) is 0 Å². The first-order valence-corrected chi connectivity index (χ1v) is 5.65. The van der Waals surface area contributed by atoms with Crippen LogP contribution in [-0.2, 0) is 0 Å². The van der Waals surface area contributed by atoms with Crippen LogP contribution < -0.4 is 10.6 Å². The van der Waals surface area contributed by atoms with E-state index in [-0.39, 0.29) is 0 Å². The van der Waals surface area contributed by atoms with Crippen molar-refractivity contribution >= 4 is 0 Å². The maximum Gasteiger partial charge on any atom is 0.0611 e. The molecular formula is C15H20N2. The van der Waals surface area contributed by atoms with Gasteiger partial charge in [0, 0.05) is 18.9 Å². The molecule has 0 aromatic carbocycles. The molecule has 0 aromatic heterocycles. The minimum atomic E-state index is 0.987. The fourth-order valence-corrected chi connectivity index (χ4v) is 1.40. The van der Waals surface area contributed by atoms with Gasteiger partial charge in [-0.3, -0.25) is 0 Å². The zero-order valence-electron chi connectivity index (χ0n) is 10.8. The van der Waals surface area contributed by atoms with Gasteiger partial charge in [-0.25, -0.2) is 0 Å². The Hall–Kier alpha value is -1.96. The van der Waals surface area contributed by atoms with Gasteiger partial charge in [0.25, 0.3) is 0 Å². The summed E-state index contributed by atoms with van der Waals surface area (Å²) in [4.78, 5) is 0. The SMILES string of the molecule is C=CC(=C/C)/C(=C\C(=C)C1=CN1)/C=C(\C)NC. The second-order valence-corrected chi connectivity index (χ2v) is 3.85. The van der Waals surface area contributed by atoms with Crippen molar-refractivity contribution in [2.45, 2.75) is 13.8 Å². The van der Waals surface area contributed by atoms with Crippen molar-refractivity contribution in [3.05, 3.63) is 71.8 Å². The van der Waals surface area contributed by atoms with Crippen LogP contribution in [0.1, 0.15) is 13.8 Å². The van der Waals surface area contributed by atoms with Crippen LogP contribution in [0.5, 0.6) is 0 Å². The highest BCUT2D eigenvalue weighted by Gasteiger charge is 2.09. The molecule has 17 heavy (non-hydrogen) atoms. The standard InChI is InChI=1S/C15H20N2/c1-6-13(7-2)14(9-12(4)16-5)8-11(3)15-10-17-15/h6-10,16-17H,1,3H2,2,4-5H3/b12-9+,13-7-,14-8-. The van der Waals surface area contributed by atoms with E-state index in [0.717, 1.165) is 28.1 Å². The Kier molecular flexibility index (Phi) is 4.58. The van der Waals surface area contributed by atoms with Gasteiger partial charge in [0.2, 0.25) is 0 Å². The van der Waals surface area contributed by atoms with Crippen LogP contribution in [0.15, 0.2) is 71.8 Å². The number of rotatable bonds is 6. The van der Waals surface area contributed by atoms with Crippen molar-refractivity contribution in [2.24, 2.45) is 0 Å². The molecule has 2 heteroatoms. The van der Waals surface area contributed by atoms with Gasteiger partial charge >= 0.3 is 0 Å². The summed E-state index contributed by atoms with van der Waals surface area (Å²) in [6, 6.07) is 0. The summed E-state index contributed by atoms with van der Waals surface area (Å²) in [6.07, 6.45) is 9.98. The second kappa shape index (κ2) is 5.94. The molecule has 0 spiro atoms. The summed E-state index contributed by atoms with van der Waals surface area (Å²) in [5, 5.41) is 6.16. The van der Waals surface area contributed by atoms with E-state index in [1.807, 2.05) is 39.2 Å². The average Bonchev–Trinajstić information content (AvgIpc) is 3.14. The predicted molar refractivity (Wildman–Crippen MR) is 75.2 cm³/mol. The third-order valence-corrected chi connectivity index (χ3v) is 2.59. The van der Waals surface area contributed by atoms with Gasteiger partial charge in [-0.05, 0) is 42.7 Å². The second-order valence-electron chi connectivity index (χ2n) is 3.85. The molecule has 0 atom stereocenters. The Morgan fingerprint density at radius 2 is 2.00 bits per heavy atom. The molecule has 0 radical (unpaired) electrons. The first kappa shape index (κ1) is 13.1. The molecule has 90 valence electrons. The molecule has 0 amide bonds. The molecule has 1 rings (SSSR count). The Morgan fingerprint density at radius 1 is 1.35 bits per heavy atom. The Morgan fingerprint density at radius 3 is 2.41 bits per heavy atom. The number of allylic oxidation sites excluding steroid dienone is 7. The molecule has 1 aliphatic heterocycles. The molecule has 0 unspecified atom stereocenters. The van der Waals surface area contributed by atoms with Gasteiger partial charge in [-0.15, -0.1) is 0 Å². The predicted octanol–water partition coefficient (Wildman–Crippen LogP) is 3.17. The van der Waals surface area contributed by atoms with Crippen molar-refractivity contribution in [1.82, 2.24) is 10.6 Å².